The topological polar surface area (TPSA) is 46.5 Å². The molecular weight excluding hydrogens is 262 g/mol. The van der Waals surface area contributed by atoms with E-state index >= 15 is 0 Å². The minimum atomic E-state index is -0.833. The summed E-state index contributed by atoms with van der Waals surface area (Å²) in [5.41, 5.74) is 0. The fourth-order valence-electron chi connectivity index (χ4n) is 0.998. The van der Waals surface area contributed by atoms with E-state index in [1.54, 1.807) is 18.2 Å². The number of aliphatic carboxylic acids is 1. The van der Waals surface area contributed by atoms with Crippen LogP contribution in [0.15, 0.2) is 18.2 Å². The zero-order valence-electron chi connectivity index (χ0n) is 8.87. The average Bonchev–Trinajstić information content (AvgIpc) is 2.14. The first-order valence-corrected chi connectivity index (χ1v) is 5.15. The minimum absolute atomic E-state index is 0. The summed E-state index contributed by atoms with van der Waals surface area (Å²) >= 11 is 11.5. The van der Waals surface area contributed by atoms with Gasteiger partial charge in [0.2, 0.25) is 0 Å². The molecule has 0 aliphatic rings. The molecule has 1 aromatic carbocycles. The molecule has 0 aromatic heterocycles. The molecule has 0 amide bonds. The SMILES string of the molecule is O=C(O)CCCOc1ccc(Cl)cc1Cl.[Na]. The van der Waals surface area contributed by atoms with Crippen LogP contribution in [0.3, 0.4) is 0 Å². The van der Waals surface area contributed by atoms with Crippen molar-refractivity contribution < 1.29 is 14.6 Å². The Hall–Kier alpha value is 0.0700. The number of benzene rings is 1. The van der Waals surface area contributed by atoms with Gasteiger partial charge in [-0.1, -0.05) is 23.2 Å². The molecule has 0 aliphatic heterocycles. The smallest absolute Gasteiger partial charge is 0.303 e. The fourth-order valence-corrected chi connectivity index (χ4v) is 1.46. The summed E-state index contributed by atoms with van der Waals surface area (Å²) in [6.07, 6.45) is 0.541. The third-order valence-corrected chi connectivity index (χ3v) is 2.22. The van der Waals surface area contributed by atoms with Crippen molar-refractivity contribution in [1.82, 2.24) is 0 Å². The number of carbonyl (C=O) groups is 1. The van der Waals surface area contributed by atoms with Crippen LogP contribution in [0, 0.1) is 0 Å². The Labute approximate surface area is 126 Å². The van der Waals surface area contributed by atoms with Gasteiger partial charge in [0.05, 0.1) is 11.6 Å². The largest absolute Gasteiger partial charge is 0.492 e. The van der Waals surface area contributed by atoms with Crippen molar-refractivity contribution in [3.8, 4) is 5.75 Å². The van der Waals surface area contributed by atoms with Crippen LogP contribution in [-0.2, 0) is 4.79 Å². The van der Waals surface area contributed by atoms with Crippen LogP contribution in [-0.4, -0.2) is 47.2 Å². The van der Waals surface area contributed by atoms with E-state index in [1.165, 1.54) is 0 Å². The summed E-state index contributed by atoms with van der Waals surface area (Å²) in [5, 5.41) is 9.37. The summed E-state index contributed by atoms with van der Waals surface area (Å²) in [5.74, 6) is -0.313. The molecule has 0 aliphatic carbocycles. The molecular formula is C10H10Cl2NaO3. The van der Waals surface area contributed by atoms with Gasteiger partial charge in [-0.2, -0.15) is 0 Å². The Balaban J connectivity index is 0.00000225. The molecule has 1 radical (unpaired) electrons. The van der Waals surface area contributed by atoms with Crippen molar-refractivity contribution in [2.24, 2.45) is 0 Å². The maximum Gasteiger partial charge on any atom is 0.303 e. The second-order valence-corrected chi connectivity index (χ2v) is 3.76. The van der Waals surface area contributed by atoms with Crippen LogP contribution in [0.5, 0.6) is 5.75 Å². The summed E-state index contributed by atoms with van der Waals surface area (Å²) in [6, 6.07) is 4.90. The predicted octanol–water partition coefficient (Wildman–Crippen LogP) is 2.86. The predicted molar refractivity (Wildman–Crippen MR) is 64.6 cm³/mol. The molecule has 0 spiro atoms. The molecule has 3 nitrogen and oxygen atoms in total. The van der Waals surface area contributed by atoms with Crippen LogP contribution in [0.4, 0.5) is 0 Å². The fraction of sp³-hybridized carbons (Fsp3) is 0.300. The van der Waals surface area contributed by atoms with E-state index in [1.807, 2.05) is 0 Å². The number of hydrogen-bond donors (Lipinski definition) is 1. The monoisotopic (exact) mass is 271 g/mol. The zero-order valence-corrected chi connectivity index (χ0v) is 12.4. The normalized spacial score (nSPS) is 9.38. The molecule has 1 rings (SSSR count). The molecule has 0 unspecified atom stereocenters. The second-order valence-electron chi connectivity index (χ2n) is 2.92. The molecule has 0 atom stereocenters. The molecule has 6 heteroatoms. The number of rotatable bonds is 5. The summed E-state index contributed by atoms with van der Waals surface area (Å²) < 4.78 is 5.29. The Morgan fingerprint density at radius 2 is 2.06 bits per heavy atom. The van der Waals surface area contributed by atoms with Gasteiger partial charge < -0.3 is 9.84 Å². The Morgan fingerprint density at radius 3 is 2.62 bits per heavy atom. The summed E-state index contributed by atoms with van der Waals surface area (Å²) in [7, 11) is 0. The molecule has 16 heavy (non-hydrogen) atoms. The molecule has 1 N–H and O–H groups in total. The van der Waals surface area contributed by atoms with Gasteiger partial charge in [0.1, 0.15) is 5.75 Å². The van der Waals surface area contributed by atoms with Crippen molar-refractivity contribution in [3.63, 3.8) is 0 Å². The number of ether oxygens (including phenoxy) is 1. The van der Waals surface area contributed by atoms with E-state index in [2.05, 4.69) is 0 Å². The van der Waals surface area contributed by atoms with Crippen molar-refractivity contribution in [2.75, 3.05) is 6.61 Å². The van der Waals surface area contributed by atoms with Gasteiger partial charge in [0, 0.05) is 41.0 Å². The van der Waals surface area contributed by atoms with Crippen LogP contribution in [0.1, 0.15) is 12.8 Å². The molecule has 1 aromatic rings. The van der Waals surface area contributed by atoms with Crippen molar-refractivity contribution in [2.45, 2.75) is 12.8 Å². The molecule has 0 bridgehead atoms. The Kier molecular flexibility index (Phi) is 8.24. The minimum Gasteiger partial charge on any atom is -0.492 e. The van der Waals surface area contributed by atoms with Crippen LogP contribution < -0.4 is 4.74 Å². The molecule has 0 saturated heterocycles. The van der Waals surface area contributed by atoms with Crippen LogP contribution in [0.25, 0.3) is 0 Å². The number of hydrogen-bond acceptors (Lipinski definition) is 2. The van der Waals surface area contributed by atoms with Crippen LogP contribution in [0.2, 0.25) is 10.0 Å². The maximum absolute atomic E-state index is 10.2. The van der Waals surface area contributed by atoms with Gasteiger partial charge in [-0.05, 0) is 24.6 Å². The first kappa shape index (κ1) is 16.1. The second kappa shape index (κ2) is 8.20. The Bertz CT molecular complexity index is 358. The van der Waals surface area contributed by atoms with E-state index in [0.717, 1.165) is 0 Å². The first-order chi connectivity index (χ1) is 7.09. The van der Waals surface area contributed by atoms with Gasteiger partial charge >= 0.3 is 5.97 Å². The first-order valence-electron chi connectivity index (χ1n) is 4.39. The molecule has 83 valence electrons. The van der Waals surface area contributed by atoms with Crippen molar-refractivity contribution in [1.29, 1.82) is 0 Å². The average molecular weight is 272 g/mol. The third-order valence-electron chi connectivity index (χ3n) is 1.69. The maximum atomic E-state index is 10.2. The van der Waals surface area contributed by atoms with Crippen molar-refractivity contribution in [3.05, 3.63) is 28.2 Å². The van der Waals surface area contributed by atoms with E-state index < -0.39 is 5.97 Å². The van der Waals surface area contributed by atoms with Gasteiger partial charge in [-0.3, -0.25) is 4.79 Å². The van der Waals surface area contributed by atoms with E-state index in [9.17, 15) is 4.79 Å². The van der Waals surface area contributed by atoms with E-state index in [-0.39, 0.29) is 36.0 Å². The van der Waals surface area contributed by atoms with Crippen molar-refractivity contribution >= 4 is 58.7 Å². The molecule has 0 fully saturated rings. The summed E-state index contributed by atoms with van der Waals surface area (Å²) in [4.78, 5) is 10.2. The van der Waals surface area contributed by atoms with Gasteiger partial charge in [-0.15, -0.1) is 0 Å². The number of halogens is 2. The van der Waals surface area contributed by atoms with E-state index in [0.29, 0.717) is 28.8 Å². The zero-order chi connectivity index (χ0) is 11.3. The molecule has 0 saturated carbocycles. The van der Waals surface area contributed by atoms with Gasteiger partial charge in [0.15, 0.2) is 0 Å². The van der Waals surface area contributed by atoms with E-state index in [4.69, 9.17) is 33.0 Å². The van der Waals surface area contributed by atoms with Gasteiger partial charge in [0.25, 0.3) is 0 Å². The quantitative estimate of drug-likeness (QED) is 0.662. The number of carboxylic acid groups (broad SMARTS) is 1. The Morgan fingerprint density at radius 1 is 1.38 bits per heavy atom. The van der Waals surface area contributed by atoms with Crippen LogP contribution >= 0.6 is 23.2 Å². The third kappa shape index (κ3) is 5.97. The number of carboxylic acids is 1. The molecule has 0 heterocycles. The standard InChI is InChI=1S/C10H10Cl2O3.Na/c11-7-3-4-9(8(12)6-7)15-5-1-2-10(13)14;/h3-4,6H,1-2,5H2,(H,13,14);. The summed E-state index contributed by atoms with van der Waals surface area (Å²) in [6.45, 7) is 0.327. The van der Waals surface area contributed by atoms with Gasteiger partial charge in [-0.25, -0.2) is 0 Å².